The minimum atomic E-state index is -0.610. The summed E-state index contributed by atoms with van der Waals surface area (Å²) in [7, 11) is 0. The number of carbonyl (C=O) groups excluding carboxylic acids is 2. The second-order valence-corrected chi connectivity index (χ2v) is 7.62. The summed E-state index contributed by atoms with van der Waals surface area (Å²) in [6, 6.07) is 10.9. The number of rotatable bonds is 8. The van der Waals surface area contributed by atoms with E-state index in [1.165, 1.54) is 0 Å². The third-order valence-corrected chi connectivity index (χ3v) is 5.36. The summed E-state index contributed by atoms with van der Waals surface area (Å²) in [5.41, 5.74) is 3.88. The fraction of sp³-hybridized carbons (Fsp3) is 0.391. The zero-order valence-electron chi connectivity index (χ0n) is 17.7. The largest absolute Gasteiger partial charge is 0.484 e. The van der Waals surface area contributed by atoms with Crippen molar-refractivity contribution in [2.24, 2.45) is 0 Å². The molecule has 0 aliphatic carbocycles. The van der Waals surface area contributed by atoms with Crippen molar-refractivity contribution in [3.05, 3.63) is 63.7 Å². The predicted molar refractivity (Wildman–Crippen MR) is 116 cm³/mol. The smallest absolute Gasteiger partial charge is 0.261 e. The van der Waals surface area contributed by atoms with E-state index in [0.717, 1.165) is 22.3 Å². The van der Waals surface area contributed by atoms with Crippen LogP contribution in [0.4, 0.5) is 0 Å². The maximum absolute atomic E-state index is 13.0. The molecule has 0 unspecified atom stereocenters. The highest BCUT2D eigenvalue weighted by Gasteiger charge is 2.26. The molecule has 2 aromatic carbocycles. The van der Waals surface area contributed by atoms with E-state index >= 15 is 0 Å². The average molecular weight is 417 g/mol. The molecule has 0 saturated carbocycles. The van der Waals surface area contributed by atoms with E-state index in [1.54, 1.807) is 24.0 Å². The molecule has 0 saturated heterocycles. The predicted octanol–water partition coefficient (Wildman–Crippen LogP) is 4.20. The van der Waals surface area contributed by atoms with Gasteiger partial charge in [-0.05, 0) is 63.4 Å². The first-order valence-corrected chi connectivity index (χ1v) is 10.1. The van der Waals surface area contributed by atoms with Crippen LogP contribution < -0.4 is 10.1 Å². The van der Waals surface area contributed by atoms with Gasteiger partial charge in [0.2, 0.25) is 5.91 Å². The zero-order chi connectivity index (χ0) is 21.6. The van der Waals surface area contributed by atoms with Gasteiger partial charge in [0.1, 0.15) is 11.8 Å². The van der Waals surface area contributed by atoms with E-state index in [0.29, 0.717) is 23.9 Å². The van der Waals surface area contributed by atoms with Crippen molar-refractivity contribution in [3.63, 3.8) is 0 Å². The molecule has 0 fully saturated rings. The van der Waals surface area contributed by atoms with Gasteiger partial charge < -0.3 is 15.0 Å². The lowest BCUT2D eigenvalue weighted by atomic mass is 10.1. The second-order valence-electron chi connectivity index (χ2n) is 7.24. The highest BCUT2D eigenvalue weighted by atomic mass is 35.5. The van der Waals surface area contributed by atoms with Crippen molar-refractivity contribution in [1.29, 1.82) is 0 Å². The third-order valence-electron chi connectivity index (χ3n) is 4.76. The van der Waals surface area contributed by atoms with Gasteiger partial charge in [-0.2, -0.15) is 0 Å². The molecule has 1 atom stereocenters. The van der Waals surface area contributed by atoms with E-state index in [1.807, 2.05) is 52.0 Å². The average Bonchev–Trinajstić information content (AvgIpc) is 2.69. The summed E-state index contributed by atoms with van der Waals surface area (Å²) in [5.74, 6) is 0.138. The fourth-order valence-electron chi connectivity index (χ4n) is 3.01. The van der Waals surface area contributed by atoms with Crippen LogP contribution in [0.2, 0.25) is 5.02 Å². The number of nitrogens with one attached hydrogen (secondary N) is 1. The molecule has 0 aliphatic heterocycles. The van der Waals surface area contributed by atoms with Gasteiger partial charge in [-0.1, -0.05) is 41.4 Å². The monoisotopic (exact) mass is 416 g/mol. The highest BCUT2D eigenvalue weighted by Crippen LogP contribution is 2.26. The van der Waals surface area contributed by atoms with Gasteiger partial charge in [0.25, 0.3) is 5.91 Å². The lowest BCUT2D eigenvalue weighted by Gasteiger charge is -2.28. The second kappa shape index (κ2) is 10.3. The van der Waals surface area contributed by atoms with Gasteiger partial charge in [-0.3, -0.25) is 9.59 Å². The van der Waals surface area contributed by atoms with Crippen LogP contribution in [0.3, 0.4) is 0 Å². The molecule has 29 heavy (non-hydrogen) atoms. The number of halogens is 1. The minimum Gasteiger partial charge on any atom is -0.484 e. The molecule has 6 heteroatoms. The number of hydrogen-bond donors (Lipinski definition) is 1. The number of hydrogen-bond acceptors (Lipinski definition) is 3. The molecule has 0 radical (unpaired) electrons. The number of amides is 2. The fourth-order valence-corrected chi connectivity index (χ4v) is 3.12. The van der Waals surface area contributed by atoms with Crippen LogP contribution in [0.25, 0.3) is 0 Å². The lowest BCUT2D eigenvalue weighted by molar-refractivity contribution is -0.142. The lowest BCUT2D eigenvalue weighted by Crippen LogP contribution is -2.49. The Bertz CT molecular complexity index is 842. The maximum Gasteiger partial charge on any atom is 0.261 e. The van der Waals surface area contributed by atoms with E-state index in [2.05, 4.69) is 5.32 Å². The topological polar surface area (TPSA) is 58.6 Å². The molecule has 1 N–H and O–H groups in total. The first kappa shape index (κ1) is 22.8. The summed E-state index contributed by atoms with van der Waals surface area (Å²) in [6.45, 7) is 10.1. The number of carbonyl (C=O) groups is 2. The Morgan fingerprint density at radius 1 is 1.10 bits per heavy atom. The summed E-state index contributed by atoms with van der Waals surface area (Å²) >= 11 is 6.20. The van der Waals surface area contributed by atoms with Gasteiger partial charge in [0.05, 0.1) is 0 Å². The van der Waals surface area contributed by atoms with Crippen LogP contribution in [0.1, 0.15) is 36.1 Å². The summed E-state index contributed by atoms with van der Waals surface area (Å²) in [5, 5.41) is 3.47. The number of benzene rings is 2. The van der Waals surface area contributed by atoms with Crippen LogP contribution in [0, 0.1) is 20.8 Å². The molecular weight excluding hydrogens is 388 g/mol. The number of likely N-dealkylation sites (N-methyl/N-ethyl adjacent to an activating group) is 1. The SMILES string of the molecule is CCNC(=O)[C@@H](C)N(Cc1ccc(C)cc1)C(=O)COc1cc(C)c(Cl)c(C)c1. The minimum absolute atomic E-state index is 0.157. The Hall–Kier alpha value is -2.53. The summed E-state index contributed by atoms with van der Waals surface area (Å²) < 4.78 is 5.73. The van der Waals surface area contributed by atoms with Gasteiger partial charge in [-0.25, -0.2) is 0 Å². The van der Waals surface area contributed by atoms with Crippen molar-refractivity contribution in [2.45, 2.75) is 47.2 Å². The summed E-state index contributed by atoms with van der Waals surface area (Å²) in [4.78, 5) is 26.9. The van der Waals surface area contributed by atoms with Crippen LogP contribution >= 0.6 is 11.6 Å². The normalized spacial score (nSPS) is 11.7. The Kier molecular flexibility index (Phi) is 8.09. The molecule has 0 aromatic heterocycles. The standard InChI is InChI=1S/C23H29ClN2O3/c1-6-25-23(28)18(5)26(13-19-9-7-15(2)8-10-19)21(27)14-29-20-11-16(3)22(24)17(4)12-20/h7-12,18H,6,13-14H2,1-5H3,(H,25,28)/t18-/m1/s1. The van der Waals surface area contributed by atoms with Crippen LogP contribution in [0.15, 0.2) is 36.4 Å². The van der Waals surface area contributed by atoms with Crippen molar-refractivity contribution in [3.8, 4) is 5.75 Å². The quantitative estimate of drug-likeness (QED) is 0.701. The molecule has 5 nitrogen and oxygen atoms in total. The van der Waals surface area contributed by atoms with Crippen molar-refractivity contribution in [1.82, 2.24) is 10.2 Å². The molecule has 0 aliphatic rings. The van der Waals surface area contributed by atoms with Crippen molar-refractivity contribution >= 4 is 23.4 Å². The molecule has 2 aromatic rings. The van der Waals surface area contributed by atoms with Crippen molar-refractivity contribution in [2.75, 3.05) is 13.2 Å². The Balaban J connectivity index is 2.16. The first-order chi connectivity index (χ1) is 13.7. The van der Waals surface area contributed by atoms with E-state index < -0.39 is 6.04 Å². The first-order valence-electron chi connectivity index (χ1n) is 9.75. The van der Waals surface area contributed by atoms with E-state index in [9.17, 15) is 9.59 Å². The molecule has 156 valence electrons. The Labute approximate surface area is 178 Å². The molecule has 2 amide bonds. The number of nitrogens with zero attached hydrogens (tertiary/aromatic N) is 1. The number of aryl methyl sites for hydroxylation is 3. The van der Waals surface area contributed by atoms with E-state index in [-0.39, 0.29) is 18.4 Å². The van der Waals surface area contributed by atoms with Crippen LogP contribution in [-0.2, 0) is 16.1 Å². The maximum atomic E-state index is 13.0. The zero-order valence-corrected chi connectivity index (χ0v) is 18.5. The molecule has 2 rings (SSSR count). The third kappa shape index (κ3) is 6.23. The molecular formula is C23H29ClN2O3. The Morgan fingerprint density at radius 2 is 1.69 bits per heavy atom. The van der Waals surface area contributed by atoms with Crippen LogP contribution in [0.5, 0.6) is 5.75 Å². The summed E-state index contributed by atoms with van der Waals surface area (Å²) in [6.07, 6.45) is 0. The number of ether oxygens (including phenoxy) is 1. The van der Waals surface area contributed by atoms with Gasteiger partial charge in [0, 0.05) is 18.1 Å². The van der Waals surface area contributed by atoms with Gasteiger partial charge in [-0.15, -0.1) is 0 Å². The molecule has 0 bridgehead atoms. The molecule has 0 spiro atoms. The van der Waals surface area contributed by atoms with Crippen LogP contribution in [-0.4, -0.2) is 35.9 Å². The molecule has 0 heterocycles. The highest BCUT2D eigenvalue weighted by molar-refractivity contribution is 6.32. The Morgan fingerprint density at radius 3 is 2.24 bits per heavy atom. The van der Waals surface area contributed by atoms with Gasteiger partial charge >= 0.3 is 0 Å². The van der Waals surface area contributed by atoms with Crippen molar-refractivity contribution < 1.29 is 14.3 Å². The van der Waals surface area contributed by atoms with Gasteiger partial charge in [0.15, 0.2) is 6.61 Å². The van der Waals surface area contributed by atoms with E-state index in [4.69, 9.17) is 16.3 Å².